The van der Waals surface area contributed by atoms with E-state index in [2.05, 4.69) is 15.2 Å². The molecular weight excluding hydrogens is 260 g/mol. The molecule has 0 atom stereocenters. The first-order valence-electron chi connectivity index (χ1n) is 6.07. The molecule has 0 aliphatic rings. The lowest BCUT2D eigenvalue weighted by atomic mass is 10.1. The second-order valence-electron chi connectivity index (χ2n) is 4.17. The first-order chi connectivity index (χ1) is 9.78. The number of benzene rings is 1. The van der Waals surface area contributed by atoms with Gasteiger partial charge in [-0.2, -0.15) is 5.10 Å². The summed E-state index contributed by atoms with van der Waals surface area (Å²) in [6, 6.07) is 8.96. The molecule has 7 heteroatoms. The van der Waals surface area contributed by atoms with Gasteiger partial charge in [0.25, 0.3) is 0 Å². The second kappa shape index (κ2) is 5.14. The van der Waals surface area contributed by atoms with Gasteiger partial charge in [0.2, 0.25) is 5.88 Å². The number of ether oxygens (including phenoxy) is 1. The Kier molecular flexibility index (Phi) is 3.18. The van der Waals surface area contributed by atoms with E-state index in [9.17, 15) is 4.79 Å². The predicted molar refractivity (Wildman–Crippen MR) is 70.9 cm³/mol. The molecule has 0 amide bonds. The number of nitrogens with one attached hydrogen (secondary N) is 1. The van der Waals surface area contributed by atoms with Crippen LogP contribution >= 0.6 is 0 Å². The van der Waals surface area contributed by atoms with Crippen molar-refractivity contribution in [2.45, 2.75) is 6.42 Å². The summed E-state index contributed by atoms with van der Waals surface area (Å²) < 4.78 is 6.97. The summed E-state index contributed by atoms with van der Waals surface area (Å²) in [4.78, 5) is 15.4. The molecule has 0 aliphatic carbocycles. The fourth-order valence-corrected chi connectivity index (χ4v) is 1.89. The van der Waals surface area contributed by atoms with E-state index >= 15 is 0 Å². The average molecular weight is 272 g/mol. The van der Waals surface area contributed by atoms with Gasteiger partial charge in [0.15, 0.2) is 5.65 Å². The Morgan fingerprint density at radius 2 is 2.20 bits per heavy atom. The van der Waals surface area contributed by atoms with Crippen molar-refractivity contribution in [3.63, 3.8) is 0 Å². The third-order valence-electron chi connectivity index (χ3n) is 2.85. The van der Waals surface area contributed by atoms with E-state index in [1.165, 1.54) is 10.7 Å². The highest BCUT2D eigenvalue weighted by Gasteiger charge is 2.07. The fourth-order valence-electron chi connectivity index (χ4n) is 1.89. The quantitative estimate of drug-likeness (QED) is 0.731. The van der Waals surface area contributed by atoms with Gasteiger partial charge < -0.3 is 9.84 Å². The molecule has 0 spiro atoms. The standard InChI is InChI=1S/C13H12N4O3/c18-6-5-9-3-1-2-4-10(9)20-12-7-11-15-16-13(19)17(11)8-14-12/h1-4,7-8,18H,5-6H2,(H,16,19). The van der Waals surface area contributed by atoms with Crippen molar-refractivity contribution < 1.29 is 9.84 Å². The minimum Gasteiger partial charge on any atom is -0.439 e. The van der Waals surface area contributed by atoms with E-state index in [0.29, 0.717) is 23.7 Å². The molecule has 0 saturated carbocycles. The molecule has 0 aliphatic heterocycles. The van der Waals surface area contributed by atoms with Crippen molar-refractivity contribution in [3.05, 3.63) is 52.7 Å². The van der Waals surface area contributed by atoms with Crippen LogP contribution < -0.4 is 10.4 Å². The zero-order valence-corrected chi connectivity index (χ0v) is 10.5. The average Bonchev–Trinajstić information content (AvgIpc) is 2.82. The van der Waals surface area contributed by atoms with Crippen LogP contribution in [0.4, 0.5) is 0 Å². The van der Waals surface area contributed by atoms with Crippen LogP contribution in [-0.2, 0) is 6.42 Å². The Morgan fingerprint density at radius 1 is 1.35 bits per heavy atom. The lowest BCUT2D eigenvalue weighted by Crippen LogP contribution is -2.09. The molecule has 3 aromatic rings. The third-order valence-corrected chi connectivity index (χ3v) is 2.85. The van der Waals surface area contributed by atoms with Gasteiger partial charge in [0.05, 0.1) is 0 Å². The molecule has 0 unspecified atom stereocenters. The number of aliphatic hydroxyl groups is 1. The molecule has 2 N–H and O–H groups in total. The Bertz CT molecular complexity index is 793. The molecule has 7 nitrogen and oxygen atoms in total. The number of hydrogen-bond acceptors (Lipinski definition) is 5. The first kappa shape index (κ1) is 12.4. The normalized spacial score (nSPS) is 10.8. The maximum absolute atomic E-state index is 11.3. The SMILES string of the molecule is O=c1[nH]nc2cc(Oc3ccccc3CCO)ncn12. The lowest BCUT2D eigenvalue weighted by molar-refractivity contribution is 0.297. The molecule has 0 bridgehead atoms. The van der Waals surface area contributed by atoms with Crippen LogP contribution in [0.1, 0.15) is 5.56 Å². The Morgan fingerprint density at radius 3 is 3.05 bits per heavy atom. The molecule has 3 rings (SSSR count). The molecule has 20 heavy (non-hydrogen) atoms. The highest BCUT2D eigenvalue weighted by molar-refractivity contribution is 5.42. The van der Waals surface area contributed by atoms with Gasteiger partial charge in [-0.3, -0.25) is 0 Å². The first-order valence-corrected chi connectivity index (χ1v) is 6.07. The van der Waals surface area contributed by atoms with Crippen molar-refractivity contribution in [1.82, 2.24) is 19.6 Å². The summed E-state index contributed by atoms with van der Waals surface area (Å²) in [6.45, 7) is 0.0433. The van der Waals surface area contributed by atoms with Gasteiger partial charge in [0, 0.05) is 12.7 Å². The van der Waals surface area contributed by atoms with Crippen molar-refractivity contribution in [3.8, 4) is 11.6 Å². The molecule has 2 aromatic heterocycles. The zero-order chi connectivity index (χ0) is 13.9. The van der Waals surface area contributed by atoms with Crippen molar-refractivity contribution >= 4 is 5.65 Å². The summed E-state index contributed by atoms with van der Waals surface area (Å²) in [6.07, 6.45) is 1.85. The van der Waals surface area contributed by atoms with Gasteiger partial charge in [-0.15, -0.1) is 0 Å². The van der Waals surface area contributed by atoms with Gasteiger partial charge in [-0.1, -0.05) is 18.2 Å². The number of aromatic nitrogens is 4. The summed E-state index contributed by atoms with van der Waals surface area (Å²) in [5.74, 6) is 0.957. The summed E-state index contributed by atoms with van der Waals surface area (Å²) in [7, 11) is 0. The van der Waals surface area contributed by atoms with Gasteiger partial charge >= 0.3 is 5.69 Å². The van der Waals surface area contributed by atoms with Crippen LogP contribution in [0, 0.1) is 0 Å². The molecular formula is C13H12N4O3. The predicted octanol–water partition coefficient (Wildman–Crippen LogP) is 0.745. The molecule has 0 fully saturated rings. The molecule has 102 valence electrons. The topological polar surface area (TPSA) is 92.5 Å². The minimum absolute atomic E-state index is 0.0433. The second-order valence-corrected chi connectivity index (χ2v) is 4.17. The van der Waals surface area contributed by atoms with E-state index in [-0.39, 0.29) is 12.3 Å². The Balaban J connectivity index is 1.94. The zero-order valence-electron chi connectivity index (χ0n) is 10.5. The Labute approximate surface area is 113 Å². The highest BCUT2D eigenvalue weighted by Crippen LogP contribution is 2.24. The fraction of sp³-hybridized carbons (Fsp3) is 0.154. The number of H-pyrrole nitrogens is 1. The van der Waals surface area contributed by atoms with E-state index < -0.39 is 0 Å². The largest absolute Gasteiger partial charge is 0.439 e. The number of hydrogen-bond donors (Lipinski definition) is 2. The van der Waals surface area contributed by atoms with Crippen LogP contribution in [0.5, 0.6) is 11.6 Å². The van der Waals surface area contributed by atoms with Crippen molar-refractivity contribution in [2.75, 3.05) is 6.61 Å². The van der Waals surface area contributed by atoms with Crippen molar-refractivity contribution in [2.24, 2.45) is 0 Å². The van der Waals surface area contributed by atoms with E-state index in [4.69, 9.17) is 9.84 Å². The minimum atomic E-state index is -0.347. The summed E-state index contributed by atoms with van der Waals surface area (Å²) >= 11 is 0. The molecule has 0 saturated heterocycles. The molecule has 1 aromatic carbocycles. The number of aromatic amines is 1. The maximum Gasteiger partial charge on any atom is 0.348 e. The number of aliphatic hydroxyl groups excluding tert-OH is 1. The van der Waals surface area contributed by atoms with Crippen molar-refractivity contribution in [1.29, 1.82) is 0 Å². The number of nitrogens with zero attached hydrogens (tertiary/aromatic N) is 3. The number of fused-ring (bicyclic) bond motifs is 1. The monoisotopic (exact) mass is 272 g/mol. The molecule has 2 heterocycles. The van der Waals surface area contributed by atoms with Gasteiger partial charge in [-0.05, 0) is 18.1 Å². The Hall–Kier alpha value is -2.67. The summed E-state index contributed by atoms with van der Waals surface area (Å²) in [5, 5.41) is 15.2. The van der Waals surface area contributed by atoms with E-state index in [1.807, 2.05) is 18.2 Å². The summed E-state index contributed by atoms with van der Waals surface area (Å²) in [5.41, 5.74) is 0.968. The smallest absolute Gasteiger partial charge is 0.348 e. The molecule has 0 radical (unpaired) electrons. The van der Waals surface area contributed by atoms with Crippen LogP contribution in [-0.4, -0.2) is 31.3 Å². The van der Waals surface area contributed by atoms with Crippen LogP contribution in [0.2, 0.25) is 0 Å². The van der Waals surface area contributed by atoms with E-state index in [1.54, 1.807) is 12.1 Å². The highest BCUT2D eigenvalue weighted by atomic mass is 16.5. The maximum atomic E-state index is 11.3. The van der Waals surface area contributed by atoms with Crippen LogP contribution in [0.15, 0.2) is 41.5 Å². The van der Waals surface area contributed by atoms with Gasteiger partial charge in [0.1, 0.15) is 12.1 Å². The van der Waals surface area contributed by atoms with Crippen LogP contribution in [0.3, 0.4) is 0 Å². The van der Waals surface area contributed by atoms with Crippen LogP contribution in [0.25, 0.3) is 5.65 Å². The number of rotatable bonds is 4. The lowest BCUT2D eigenvalue weighted by Gasteiger charge is -2.09. The third kappa shape index (κ3) is 2.26. The van der Waals surface area contributed by atoms with E-state index in [0.717, 1.165) is 5.56 Å². The van der Waals surface area contributed by atoms with Gasteiger partial charge in [-0.25, -0.2) is 19.3 Å². The number of para-hydroxylation sites is 1.